The van der Waals surface area contributed by atoms with Crippen LogP contribution in [0.25, 0.3) is 0 Å². The molecule has 0 heteroatoms. The van der Waals surface area contributed by atoms with Crippen molar-refractivity contribution in [3.05, 3.63) is 12.2 Å². The van der Waals surface area contributed by atoms with Gasteiger partial charge in [-0.15, -0.1) is 0 Å². The fourth-order valence-electron chi connectivity index (χ4n) is 2.45. The summed E-state index contributed by atoms with van der Waals surface area (Å²) < 4.78 is 0. The molecule has 0 aromatic heterocycles. The van der Waals surface area contributed by atoms with E-state index in [2.05, 4.69) is 46.8 Å². The summed E-state index contributed by atoms with van der Waals surface area (Å²) >= 11 is 0. The molecule has 16 heavy (non-hydrogen) atoms. The average molecular weight is 224 g/mol. The van der Waals surface area contributed by atoms with Crippen molar-refractivity contribution in [1.29, 1.82) is 0 Å². The molecule has 0 amide bonds. The van der Waals surface area contributed by atoms with Crippen LogP contribution in [0.5, 0.6) is 0 Å². The van der Waals surface area contributed by atoms with Crippen molar-refractivity contribution < 1.29 is 0 Å². The first-order valence-electron chi connectivity index (χ1n) is 7.22. The van der Waals surface area contributed by atoms with Gasteiger partial charge in [0.2, 0.25) is 0 Å². The lowest BCUT2D eigenvalue weighted by atomic mass is 9.88. The standard InChI is InChI=1S/C16H32/c1-6-8-10-15(4)13-16(5)12-11-14(3)9-7-2/h7,9,14-16H,6,8,10-13H2,1-5H3. The van der Waals surface area contributed by atoms with E-state index >= 15 is 0 Å². The lowest BCUT2D eigenvalue weighted by Crippen LogP contribution is -2.05. The lowest BCUT2D eigenvalue weighted by Gasteiger charge is -2.18. The quantitative estimate of drug-likeness (QED) is 0.432. The Hall–Kier alpha value is -0.260. The first-order valence-corrected chi connectivity index (χ1v) is 7.22. The predicted molar refractivity (Wildman–Crippen MR) is 75.7 cm³/mol. The van der Waals surface area contributed by atoms with E-state index in [0.29, 0.717) is 0 Å². The van der Waals surface area contributed by atoms with Crippen LogP contribution in [0.3, 0.4) is 0 Å². The van der Waals surface area contributed by atoms with Gasteiger partial charge in [-0.3, -0.25) is 0 Å². The molecule has 0 aliphatic carbocycles. The van der Waals surface area contributed by atoms with Crippen LogP contribution in [0, 0.1) is 17.8 Å². The van der Waals surface area contributed by atoms with E-state index in [4.69, 9.17) is 0 Å². The first kappa shape index (κ1) is 15.7. The van der Waals surface area contributed by atoms with Crippen molar-refractivity contribution in [3.8, 4) is 0 Å². The molecule has 0 aliphatic rings. The van der Waals surface area contributed by atoms with Gasteiger partial charge in [-0.1, -0.05) is 65.5 Å². The van der Waals surface area contributed by atoms with Crippen molar-refractivity contribution >= 4 is 0 Å². The van der Waals surface area contributed by atoms with E-state index in [-0.39, 0.29) is 0 Å². The maximum absolute atomic E-state index is 2.42. The molecule has 0 saturated heterocycles. The molecule has 0 saturated carbocycles. The highest BCUT2D eigenvalue weighted by Gasteiger charge is 2.09. The van der Waals surface area contributed by atoms with Gasteiger partial charge in [0.25, 0.3) is 0 Å². The summed E-state index contributed by atoms with van der Waals surface area (Å²) in [7, 11) is 0. The topological polar surface area (TPSA) is 0 Å². The van der Waals surface area contributed by atoms with E-state index in [0.717, 1.165) is 17.8 Å². The minimum Gasteiger partial charge on any atom is -0.0914 e. The summed E-state index contributed by atoms with van der Waals surface area (Å²) in [6.07, 6.45) is 12.8. The fourth-order valence-corrected chi connectivity index (χ4v) is 2.45. The molecule has 0 fully saturated rings. The highest BCUT2D eigenvalue weighted by molar-refractivity contribution is 4.82. The van der Waals surface area contributed by atoms with Gasteiger partial charge in [0.1, 0.15) is 0 Å². The third-order valence-corrected chi connectivity index (χ3v) is 3.49. The Morgan fingerprint density at radius 2 is 1.56 bits per heavy atom. The Kier molecular flexibility index (Phi) is 9.77. The number of hydrogen-bond acceptors (Lipinski definition) is 0. The molecule has 3 unspecified atom stereocenters. The molecule has 0 rings (SSSR count). The van der Waals surface area contributed by atoms with Crippen LogP contribution in [0.15, 0.2) is 12.2 Å². The molecule has 0 aromatic rings. The van der Waals surface area contributed by atoms with Crippen LogP contribution in [0.4, 0.5) is 0 Å². The average Bonchev–Trinajstić information content (AvgIpc) is 2.24. The molecule has 0 heterocycles. The highest BCUT2D eigenvalue weighted by atomic mass is 14.1. The number of rotatable bonds is 9. The zero-order valence-corrected chi connectivity index (χ0v) is 12.1. The van der Waals surface area contributed by atoms with Gasteiger partial charge in [-0.05, 0) is 37.5 Å². The molecule has 0 aliphatic heterocycles. The summed E-state index contributed by atoms with van der Waals surface area (Å²) in [6, 6.07) is 0. The van der Waals surface area contributed by atoms with E-state index in [1.54, 1.807) is 0 Å². The molecule has 0 N–H and O–H groups in total. The van der Waals surface area contributed by atoms with Crippen molar-refractivity contribution in [2.45, 2.75) is 73.1 Å². The minimum absolute atomic E-state index is 0.762. The van der Waals surface area contributed by atoms with Crippen LogP contribution in [0.2, 0.25) is 0 Å². The van der Waals surface area contributed by atoms with Crippen molar-refractivity contribution in [3.63, 3.8) is 0 Å². The smallest absolute Gasteiger partial charge is 0.0262 e. The second-order valence-electron chi connectivity index (χ2n) is 5.67. The highest BCUT2D eigenvalue weighted by Crippen LogP contribution is 2.22. The fraction of sp³-hybridized carbons (Fsp3) is 0.875. The maximum Gasteiger partial charge on any atom is -0.0262 e. The van der Waals surface area contributed by atoms with Crippen LogP contribution >= 0.6 is 0 Å². The van der Waals surface area contributed by atoms with E-state index < -0.39 is 0 Å². The second kappa shape index (κ2) is 9.93. The Labute approximate surface area is 104 Å². The molecule has 0 spiro atoms. The van der Waals surface area contributed by atoms with Crippen molar-refractivity contribution in [2.24, 2.45) is 17.8 Å². The van der Waals surface area contributed by atoms with Gasteiger partial charge in [0.05, 0.1) is 0 Å². The third kappa shape index (κ3) is 9.00. The number of unbranched alkanes of at least 4 members (excludes halogenated alkanes) is 1. The molecule has 0 radical (unpaired) electrons. The molecule has 0 aromatic carbocycles. The molecular formula is C16H32. The lowest BCUT2D eigenvalue weighted by molar-refractivity contribution is 0.354. The summed E-state index contributed by atoms with van der Waals surface area (Å²) in [6.45, 7) is 11.6. The third-order valence-electron chi connectivity index (χ3n) is 3.49. The summed E-state index contributed by atoms with van der Waals surface area (Å²) in [5.41, 5.74) is 0. The molecule has 0 bridgehead atoms. The Morgan fingerprint density at radius 3 is 2.12 bits per heavy atom. The van der Waals surface area contributed by atoms with Crippen molar-refractivity contribution in [1.82, 2.24) is 0 Å². The molecule has 0 nitrogen and oxygen atoms in total. The Morgan fingerprint density at radius 1 is 0.938 bits per heavy atom. The van der Waals surface area contributed by atoms with Gasteiger partial charge in [-0.2, -0.15) is 0 Å². The van der Waals surface area contributed by atoms with Crippen LogP contribution in [-0.4, -0.2) is 0 Å². The largest absolute Gasteiger partial charge is 0.0914 e. The Balaban J connectivity index is 3.60. The monoisotopic (exact) mass is 224 g/mol. The van der Waals surface area contributed by atoms with Crippen LogP contribution in [0.1, 0.15) is 73.1 Å². The minimum atomic E-state index is 0.762. The molecule has 96 valence electrons. The van der Waals surface area contributed by atoms with Gasteiger partial charge >= 0.3 is 0 Å². The van der Waals surface area contributed by atoms with E-state index in [1.807, 2.05) is 0 Å². The van der Waals surface area contributed by atoms with E-state index in [1.165, 1.54) is 38.5 Å². The summed E-state index contributed by atoms with van der Waals surface area (Å²) in [5.74, 6) is 2.59. The van der Waals surface area contributed by atoms with Crippen LogP contribution in [-0.2, 0) is 0 Å². The predicted octanol–water partition coefficient (Wildman–Crippen LogP) is 5.83. The number of hydrogen-bond donors (Lipinski definition) is 0. The van der Waals surface area contributed by atoms with Gasteiger partial charge in [0, 0.05) is 0 Å². The molecule has 3 atom stereocenters. The van der Waals surface area contributed by atoms with Gasteiger partial charge in [0.15, 0.2) is 0 Å². The molecular weight excluding hydrogens is 192 g/mol. The SMILES string of the molecule is CC=CC(C)CCC(C)CC(C)CCCC. The Bertz CT molecular complexity index is 169. The number of allylic oxidation sites excluding steroid dienone is 2. The summed E-state index contributed by atoms with van der Waals surface area (Å²) in [4.78, 5) is 0. The summed E-state index contributed by atoms with van der Waals surface area (Å²) in [5, 5.41) is 0. The second-order valence-corrected chi connectivity index (χ2v) is 5.67. The zero-order chi connectivity index (χ0) is 12.4. The van der Waals surface area contributed by atoms with Crippen molar-refractivity contribution in [2.75, 3.05) is 0 Å². The zero-order valence-electron chi connectivity index (χ0n) is 12.1. The van der Waals surface area contributed by atoms with Gasteiger partial charge < -0.3 is 0 Å². The first-order chi connectivity index (χ1) is 7.60. The van der Waals surface area contributed by atoms with E-state index in [9.17, 15) is 0 Å². The van der Waals surface area contributed by atoms with Gasteiger partial charge in [-0.25, -0.2) is 0 Å². The normalized spacial score (nSPS) is 17.6. The maximum atomic E-state index is 2.42. The van der Waals surface area contributed by atoms with Crippen LogP contribution < -0.4 is 0 Å².